The Hall–Kier alpha value is -2.58. The van der Waals surface area contributed by atoms with Crippen LogP contribution in [0.15, 0.2) is 40.1 Å². The second-order valence-electron chi connectivity index (χ2n) is 10.4. The molecule has 0 unspecified atom stereocenters. The number of carbonyl (C=O) groups excluding carboxylic acids is 1. The van der Waals surface area contributed by atoms with Gasteiger partial charge in [0.2, 0.25) is 5.13 Å². The minimum Gasteiger partial charge on any atom is -0.466 e. The maximum absolute atomic E-state index is 11.6. The van der Waals surface area contributed by atoms with Crippen LogP contribution in [0.4, 0.5) is 5.13 Å². The van der Waals surface area contributed by atoms with Gasteiger partial charge in [0.25, 0.3) is 0 Å². The quantitative estimate of drug-likeness (QED) is 0.221. The van der Waals surface area contributed by atoms with Gasteiger partial charge in [0.1, 0.15) is 5.01 Å². The van der Waals surface area contributed by atoms with Crippen LogP contribution in [-0.4, -0.2) is 28.8 Å². The van der Waals surface area contributed by atoms with Crippen LogP contribution in [0.1, 0.15) is 62.4 Å². The smallest absolute Gasteiger partial charge is 0.311 e. The van der Waals surface area contributed by atoms with Crippen LogP contribution in [0.25, 0.3) is 10.6 Å². The van der Waals surface area contributed by atoms with E-state index in [1.54, 1.807) is 24.5 Å². The topological polar surface area (TPSA) is 76.5 Å². The predicted molar refractivity (Wildman–Crippen MR) is 141 cm³/mol. The van der Waals surface area contributed by atoms with Crippen molar-refractivity contribution < 1.29 is 9.53 Å². The van der Waals surface area contributed by atoms with Gasteiger partial charge in [-0.2, -0.15) is 5.10 Å². The Balaban J connectivity index is 1.08. The third-order valence-corrected chi connectivity index (χ3v) is 9.49. The molecule has 4 aliphatic rings. The first-order valence-corrected chi connectivity index (χ1v) is 14.3. The normalized spacial score (nSPS) is 26.9. The molecule has 4 bridgehead atoms. The maximum Gasteiger partial charge on any atom is 0.311 e. The fourth-order valence-electron chi connectivity index (χ4n) is 6.75. The number of thiazole rings is 2. The Morgan fingerprint density at radius 1 is 1.09 bits per heavy atom. The molecule has 0 aliphatic heterocycles. The lowest BCUT2D eigenvalue weighted by molar-refractivity contribution is -0.142. The molecule has 8 heteroatoms. The van der Waals surface area contributed by atoms with Gasteiger partial charge in [-0.3, -0.25) is 10.2 Å². The third-order valence-electron chi connectivity index (χ3n) is 7.80. The number of ether oxygens (including phenoxy) is 1. The molecule has 1 aromatic carbocycles. The molecule has 4 aliphatic carbocycles. The molecule has 2 heterocycles. The van der Waals surface area contributed by atoms with Gasteiger partial charge in [-0.1, -0.05) is 24.3 Å². The van der Waals surface area contributed by atoms with E-state index in [-0.39, 0.29) is 12.4 Å². The van der Waals surface area contributed by atoms with Crippen LogP contribution in [0.2, 0.25) is 0 Å². The van der Waals surface area contributed by atoms with Gasteiger partial charge in [-0.15, -0.1) is 22.7 Å². The number of hydrogen-bond acceptors (Lipinski definition) is 8. The molecule has 0 amide bonds. The van der Waals surface area contributed by atoms with E-state index in [0.717, 1.165) is 28.3 Å². The number of anilines is 1. The summed E-state index contributed by atoms with van der Waals surface area (Å²) in [5.41, 5.74) is 7.51. The molecule has 0 atom stereocenters. The number of aromatic nitrogens is 2. The van der Waals surface area contributed by atoms with Gasteiger partial charge < -0.3 is 4.74 Å². The van der Waals surface area contributed by atoms with Gasteiger partial charge >= 0.3 is 5.97 Å². The van der Waals surface area contributed by atoms with Crippen molar-refractivity contribution in [3.8, 4) is 10.6 Å². The number of rotatable bonds is 8. The molecule has 0 radical (unpaired) electrons. The van der Waals surface area contributed by atoms with E-state index < -0.39 is 0 Å². The van der Waals surface area contributed by atoms with Crippen molar-refractivity contribution in [2.24, 2.45) is 22.9 Å². The summed E-state index contributed by atoms with van der Waals surface area (Å²) in [4.78, 5) is 21.1. The molecule has 35 heavy (non-hydrogen) atoms. The maximum atomic E-state index is 11.6. The lowest BCUT2D eigenvalue weighted by atomic mass is 9.49. The summed E-state index contributed by atoms with van der Waals surface area (Å²) in [6, 6.07) is 8.40. The van der Waals surface area contributed by atoms with Gasteiger partial charge in [-0.05, 0) is 68.8 Å². The van der Waals surface area contributed by atoms with Crippen molar-refractivity contribution in [1.82, 2.24) is 9.97 Å². The average Bonchev–Trinajstić information content (AvgIpc) is 3.49. The lowest BCUT2D eigenvalue weighted by Crippen LogP contribution is -2.48. The molecule has 0 spiro atoms. The number of nitrogens with one attached hydrogen (secondary N) is 1. The fraction of sp³-hybridized carbons (Fsp3) is 0.481. The van der Waals surface area contributed by atoms with E-state index in [9.17, 15) is 4.79 Å². The van der Waals surface area contributed by atoms with E-state index in [1.807, 2.05) is 5.38 Å². The van der Waals surface area contributed by atoms with Gasteiger partial charge in [-0.25, -0.2) is 9.97 Å². The highest BCUT2D eigenvalue weighted by molar-refractivity contribution is 7.13. The SMILES string of the molecule is CCOC(=O)Cc1csc(NN=Cc2ccc(-c3nc(C45CC6CC(CC(C6)C4)C5)cs3)cc2)n1. The number of hydrogen-bond donors (Lipinski definition) is 1. The zero-order valence-electron chi connectivity index (χ0n) is 19.9. The zero-order chi connectivity index (χ0) is 23.8. The molecule has 3 aromatic rings. The first-order chi connectivity index (χ1) is 17.1. The van der Waals surface area contributed by atoms with Crippen molar-refractivity contribution >= 4 is 40.0 Å². The molecular formula is C27H30N4O2S2. The highest BCUT2D eigenvalue weighted by atomic mass is 32.1. The molecule has 6 nitrogen and oxygen atoms in total. The lowest BCUT2D eigenvalue weighted by Gasteiger charge is -2.56. The van der Waals surface area contributed by atoms with Gasteiger partial charge in [0, 0.05) is 21.7 Å². The largest absolute Gasteiger partial charge is 0.466 e. The monoisotopic (exact) mass is 506 g/mol. The van der Waals surface area contributed by atoms with Crippen LogP contribution in [0.5, 0.6) is 0 Å². The summed E-state index contributed by atoms with van der Waals surface area (Å²) in [5.74, 6) is 2.55. The molecule has 4 saturated carbocycles. The minimum atomic E-state index is -0.266. The van der Waals surface area contributed by atoms with E-state index in [1.165, 1.54) is 61.1 Å². The molecule has 1 N–H and O–H groups in total. The van der Waals surface area contributed by atoms with E-state index in [2.05, 4.69) is 45.2 Å². The number of carbonyl (C=O) groups is 1. The molecule has 0 saturated heterocycles. The van der Waals surface area contributed by atoms with Gasteiger partial charge in [0.05, 0.1) is 30.6 Å². The van der Waals surface area contributed by atoms with Crippen LogP contribution < -0.4 is 5.43 Å². The van der Waals surface area contributed by atoms with Crippen LogP contribution in [-0.2, 0) is 21.4 Å². The standard InChI is InChI=1S/C27H30N4O2S2/c1-2-33-24(32)10-22-15-35-26(29-22)31-28-14-17-3-5-21(6-4-17)25-30-23(16-34-25)27-11-18-7-19(12-27)9-20(8-18)13-27/h3-6,14-16,18-20H,2,7-13H2,1H3,(H,29,31). The Bertz CT molecular complexity index is 1190. The molecule has 7 rings (SSSR count). The number of benzene rings is 1. The first kappa shape index (κ1) is 22.9. The van der Waals surface area contributed by atoms with Crippen molar-refractivity contribution in [1.29, 1.82) is 0 Å². The van der Waals surface area contributed by atoms with Crippen LogP contribution in [0.3, 0.4) is 0 Å². The first-order valence-electron chi connectivity index (χ1n) is 12.5. The summed E-state index contributed by atoms with van der Waals surface area (Å²) in [5, 5.41) is 10.2. The van der Waals surface area contributed by atoms with Crippen molar-refractivity contribution in [2.45, 2.75) is 57.3 Å². The van der Waals surface area contributed by atoms with E-state index in [4.69, 9.17) is 9.72 Å². The zero-order valence-corrected chi connectivity index (χ0v) is 21.5. The van der Waals surface area contributed by atoms with E-state index >= 15 is 0 Å². The Morgan fingerprint density at radius 2 is 1.80 bits per heavy atom. The number of nitrogens with zero attached hydrogens (tertiary/aromatic N) is 3. The number of esters is 1. The second-order valence-corrected chi connectivity index (χ2v) is 12.1. The van der Waals surface area contributed by atoms with Crippen molar-refractivity contribution in [3.05, 3.63) is 52.0 Å². The predicted octanol–water partition coefficient (Wildman–Crippen LogP) is 6.29. The highest BCUT2D eigenvalue weighted by Crippen LogP contribution is 2.60. The molecule has 2 aromatic heterocycles. The third kappa shape index (κ3) is 4.78. The van der Waals surface area contributed by atoms with Gasteiger partial charge in [0.15, 0.2) is 0 Å². The second kappa shape index (κ2) is 9.47. The summed E-state index contributed by atoms with van der Waals surface area (Å²) >= 11 is 3.20. The molecule has 182 valence electrons. The van der Waals surface area contributed by atoms with Crippen molar-refractivity contribution in [2.75, 3.05) is 12.0 Å². The summed E-state index contributed by atoms with van der Waals surface area (Å²) in [7, 11) is 0. The summed E-state index contributed by atoms with van der Waals surface area (Å²) < 4.78 is 4.96. The Labute approximate surface area is 213 Å². The van der Waals surface area contributed by atoms with Crippen LogP contribution >= 0.6 is 22.7 Å². The average molecular weight is 507 g/mol. The number of hydrazone groups is 1. The van der Waals surface area contributed by atoms with Crippen molar-refractivity contribution in [3.63, 3.8) is 0 Å². The Kier molecular flexibility index (Phi) is 6.18. The highest BCUT2D eigenvalue weighted by Gasteiger charge is 2.52. The fourth-order valence-corrected chi connectivity index (χ4v) is 8.36. The Morgan fingerprint density at radius 3 is 2.49 bits per heavy atom. The van der Waals surface area contributed by atoms with E-state index in [0.29, 0.717) is 22.8 Å². The molecular weight excluding hydrogens is 476 g/mol. The van der Waals surface area contributed by atoms with Crippen LogP contribution in [0, 0.1) is 17.8 Å². The summed E-state index contributed by atoms with van der Waals surface area (Å²) in [6.45, 7) is 2.17. The minimum absolute atomic E-state index is 0.179. The summed E-state index contributed by atoms with van der Waals surface area (Å²) in [6.07, 6.45) is 10.4. The molecule has 4 fully saturated rings.